The molecular weight excluding hydrogens is 805 g/mol. The topological polar surface area (TPSA) is 78.9 Å². The van der Waals surface area contributed by atoms with Gasteiger partial charge in [-0.3, -0.25) is 14.4 Å². The van der Waals surface area contributed by atoms with E-state index in [4.69, 9.17) is 14.2 Å². The number of ether oxygens (including phenoxy) is 3. The Hall–Kier alpha value is -2.63. The Morgan fingerprint density at radius 1 is 0.308 bits per heavy atom. The molecule has 0 aromatic rings. The van der Waals surface area contributed by atoms with Crippen LogP contribution < -0.4 is 0 Å². The predicted molar refractivity (Wildman–Crippen MR) is 279 cm³/mol. The van der Waals surface area contributed by atoms with E-state index in [1.807, 2.05) is 0 Å². The third-order valence-electron chi connectivity index (χ3n) is 12.3. The zero-order valence-corrected chi connectivity index (χ0v) is 43.3. The number of esters is 3. The van der Waals surface area contributed by atoms with Crippen LogP contribution in [0.4, 0.5) is 0 Å². The van der Waals surface area contributed by atoms with Gasteiger partial charge in [0.25, 0.3) is 0 Å². The molecule has 0 heterocycles. The summed E-state index contributed by atoms with van der Waals surface area (Å²) in [5, 5.41) is 0. The summed E-state index contributed by atoms with van der Waals surface area (Å²) in [5.41, 5.74) is 0. The van der Waals surface area contributed by atoms with Crippen LogP contribution >= 0.6 is 0 Å². The van der Waals surface area contributed by atoms with Crippen molar-refractivity contribution in [2.24, 2.45) is 0 Å². The molecule has 1 atom stereocenters. The molecule has 0 N–H and O–H groups in total. The van der Waals surface area contributed by atoms with Gasteiger partial charge in [0.15, 0.2) is 6.10 Å². The maximum Gasteiger partial charge on any atom is 0.306 e. The molecule has 65 heavy (non-hydrogen) atoms. The summed E-state index contributed by atoms with van der Waals surface area (Å²) in [6, 6.07) is 0. The van der Waals surface area contributed by atoms with Crippen molar-refractivity contribution in [3.8, 4) is 0 Å². The summed E-state index contributed by atoms with van der Waals surface area (Å²) >= 11 is 0. The first-order chi connectivity index (χ1) is 32.0. The second-order valence-electron chi connectivity index (χ2n) is 18.8. The van der Waals surface area contributed by atoms with Crippen LogP contribution in [-0.2, 0) is 28.6 Å². The van der Waals surface area contributed by atoms with Crippen LogP contribution in [0.3, 0.4) is 0 Å². The van der Waals surface area contributed by atoms with Crippen LogP contribution in [-0.4, -0.2) is 37.2 Å². The van der Waals surface area contributed by atoms with Gasteiger partial charge in [0.1, 0.15) is 13.2 Å². The fraction of sp³-hybridized carbons (Fsp3) is 0.814. The van der Waals surface area contributed by atoms with Crippen LogP contribution in [0, 0.1) is 0 Å². The molecule has 6 heteroatoms. The quantitative estimate of drug-likeness (QED) is 0.0262. The summed E-state index contributed by atoms with van der Waals surface area (Å²) < 4.78 is 16.8. The van der Waals surface area contributed by atoms with Crippen molar-refractivity contribution in [3.63, 3.8) is 0 Å². The van der Waals surface area contributed by atoms with Gasteiger partial charge in [-0.1, -0.05) is 217 Å². The molecule has 378 valence electrons. The summed E-state index contributed by atoms with van der Waals surface area (Å²) in [6.45, 7) is 6.60. The Labute approximate surface area is 403 Å². The van der Waals surface area contributed by atoms with E-state index < -0.39 is 6.10 Å². The van der Waals surface area contributed by atoms with E-state index in [2.05, 4.69) is 69.4 Å². The highest BCUT2D eigenvalue weighted by molar-refractivity contribution is 5.71. The van der Waals surface area contributed by atoms with E-state index in [-0.39, 0.29) is 31.1 Å². The molecule has 0 bridgehead atoms. The molecule has 0 fully saturated rings. The highest BCUT2D eigenvalue weighted by Crippen LogP contribution is 2.15. The first kappa shape index (κ1) is 62.4. The van der Waals surface area contributed by atoms with Crippen LogP contribution in [0.15, 0.2) is 48.6 Å². The van der Waals surface area contributed by atoms with Crippen LogP contribution in [0.25, 0.3) is 0 Å². The van der Waals surface area contributed by atoms with Crippen molar-refractivity contribution in [2.75, 3.05) is 13.2 Å². The second kappa shape index (κ2) is 54.0. The number of rotatable bonds is 51. The van der Waals surface area contributed by atoms with E-state index in [0.29, 0.717) is 19.3 Å². The lowest BCUT2D eigenvalue weighted by atomic mass is 10.1. The number of hydrogen-bond donors (Lipinski definition) is 0. The molecule has 0 aromatic heterocycles. The van der Waals surface area contributed by atoms with Crippen molar-refractivity contribution in [3.05, 3.63) is 48.6 Å². The van der Waals surface area contributed by atoms with Gasteiger partial charge < -0.3 is 14.2 Å². The number of unbranched alkanes of at least 4 members (excludes halogenated alkanes) is 32. The Bertz CT molecular complexity index is 1140. The maximum atomic E-state index is 12.8. The Morgan fingerprint density at radius 3 is 0.892 bits per heavy atom. The van der Waals surface area contributed by atoms with Gasteiger partial charge in [0.05, 0.1) is 0 Å². The Kier molecular flexibility index (Phi) is 51.8. The number of carbonyl (C=O) groups is 3. The lowest BCUT2D eigenvalue weighted by molar-refractivity contribution is -0.167. The standard InChI is InChI=1S/C59H106O6/c1-4-7-10-13-16-19-22-25-28-29-30-31-32-35-37-40-43-46-49-52-58(61)64-55-56(65-59(62)53-50-47-44-41-38-34-27-24-21-18-15-12-9-6-3)54-63-57(60)51-48-45-42-39-36-33-26-23-20-17-14-11-8-5-2/h16,19,23-28,56H,4-15,17-18,20-22,29-55H2,1-3H3/b19-16-,26-23-,27-24-,28-25-/t56-/m1/s1. The molecule has 0 rings (SSSR count). The lowest BCUT2D eigenvalue weighted by Crippen LogP contribution is -2.30. The normalized spacial score (nSPS) is 12.4. The summed E-state index contributed by atoms with van der Waals surface area (Å²) in [4.78, 5) is 38.1. The highest BCUT2D eigenvalue weighted by atomic mass is 16.6. The Morgan fingerprint density at radius 2 is 0.554 bits per heavy atom. The predicted octanol–water partition coefficient (Wildman–Crippen LogP) is 18.7. The molecule has 0 aromatic carbocycles. The van der Waals surface area contributed by atoms with E-state index >= 15 is 0 Å². The van der Waals surface area contributed by atoms with E-state index in [9.17, 15) is 14.4 Å². The van der Waals surface area contributed by atoms with Gasteiger partial charge in [-0.2, -0.15) is 0 Å². The minimum absolute atomic E-state index is 0.0800. The van der Waals surface area contributed by atoms with Crippen molar-refractivity contribution >= 4 is 17.9 Å². The van der Waals surface area contributed by atoms with E-state index in [1.54, 1.807) is 0 Å². The minimum Gasteiger partial charge on any atom is -0.462 e. The van der Waals surface area contributed by atoms with Crippen molar-refractivity contribution in [1.29, 1.82) is 0 Å². The third-order valence-corrected chi connectivity index (χ3v) is 12.3. The maximum absolute atomic E-state index is 12.8. The Balaban J connectivity index is 4.36. The van der Waals surface area contributed by atoms with Crippen LogP contribution in [0.1, 0.15) is 290 Å². The molecule has 0 spiro atoms. The molecule has 0 saturated carbocycles. The van der Waals surface area contributed by atoms with Crippen molar-refractivity contribution < 1.29 is 28.6 Å². The van der Waals surface area contributed by atoms with Crippen LogP contribution in [0.5, 0.6) is 0 Å². The molecule has 0 radical (unpaired) electrons. The molecule has 0 aliphatic carbocycles. The summed E-state index contributed by atoms with van der Waals surface area (Å²) in [6.07, 6.45) is 65.2. The van der Waals surface area contributed by atoms with Crippen molar-refractivity contribution in [2.45, 2.75) is 297 Å². The fourth-order valence-corrected chi connectivity index (χ4v) is 7.99. The monoisotopic (exact) mass is 911 g/mol. The number of allylic oxidation sites excluding steroid dienone is 8. The summed E-state index contributed by atoms with van der Waals surface area (Å²) in [7, 11) is 0. The van der Waals surface area contributed by atoms with Crippen molar-refractivity contribution in [1.82, 2.24) is 0 Å². The summed E-state index contributed by atoms with van der Waals surface area (Å²) in [5.74, 6) is -0.890. The molecule has 0 amide bonds. The first-order valence-corrected chi connectivity index (χ1v) is 28.1. The van der Waals surface area contributed by atoms with E-state index in [0.717, 1.165) is 83.5 Å². The van der Waals surface area contributed by atoms with Gasteiger partial charge >= 0.3 is 17.9 Å². The molecule has 0 saturated heterocycles. The molecular formula is C59H106O6. The molecule has 6 nitrogen and oxygen atoms in total. The smallest absolute Gasteiger partial charge is 0.306 e. The van der Waals surface area contributed by atoms with Gasteiger partial charge in [0.2, 0.25) is 0 Å². The first-order valence-electron chi connectivity index (χ1n) is 28.1. The van der Waals surface area contributed by atoms with Gasteiger partial charge in [-0.25, -0.2) is 0 Å². The molecule has 0 aliphatic heterocycles. The largest absolute Gasteiger partial charge is 0.462 e. The second-order valence-corrected chi connectivity index (χ2v) is 18.8. The average molecular weight is 911 g/mol. The van der Waals surface area contributed by atoms with E-state index in [1.165, 1.54) is 167 Å². The average Bonchev–Trinajstić information content (AvgIpc) is 3.30. The number of carbonyl (C=O) groups excluding carboxylic acids is 3. The SMILES string of the molecule is CCCCC/C=C\C/C=C\CCCCCCCCCCCC(=O)OC[C@@H](COC(=O)CCCCCCC/C=C\CCCCCCC)OC(=O)CCCCCCC/C=C\CCCCCCC. The zero-order chi connectivity index (χ0) is 47.2. The lowest BCUT2D eigenvalue weighted by Gasteiger charge is -2.18. The molecule has 0 unspecified atom stereocenters. The third kappa shape index (κ3) is 52.2. The highest BCUT2D eigenvalue weighted by Gasteiger charge is 2.19. The zero-order valence-electron chi connectivity index (χ0n) is 43.3. The number of hydrogen-bond acceptors (Lipinski definition) is 6. The molecule has 0 aliphatic rings. The van der Waals surface area contributed by atoms with Gasteiger partial charge in [-0.15, -0.1) is 0 Å². The fourth-order valence-electron chi connectivity index (χ4n) is 7.99. The minimum atomic E-state index is -0.781. The van der Waals surface area contributed by atoms with Crippen LogP contribution in [0.2, 0.25) is 0 Å². The van der Waals surface area contributed by atoms with Gasteiger partial charge in [-0.05, 0) is 103 Å². The van der Waals surface area contributed by atoms with Gasteiger partial charge in [0, 0.05) is 19.3 Å².